The van der Waals surface area contributed by atoms with Gasteiger partial charge in [-0.25, -0.2) is 0 Å². The van der Waals surface area contributed by atoms with Crippen LogP contribution in [0.15, 0.2) is 35.7 Å². The minimum absolute atomic E-state index is 0.324. The fraction of sp³-hybridized carbons (Fsp3) is 0.333. The Kier molecular flexibility index (Phi) is 3.97. The summed E-state index contributed by atoms with van der Waals surface area (Å²) in [6.07, 6.45) is 1.40. The highest BCUT2D eigenvalue weighted by Crippen LogP contribution is 2.27. The van der Waals surface area contributed by atoms with Crippen LogP contribution in [0.3, 0.4) is 0 Å². The van der Waals surface area contributed by atoms with Gasteiger partial charge in [-0.15, -0.1) is 11.3 Å². The Balaban J connectivity index is 1.97. The number of thiophene rings is 1. The largest absolute Gasteiger partial charge is 0.388 e. The average Bonchev–Trinajstić information content (AvgIpc) is 2.72. The molecule has 2 aromatic rings. The Morgan fingerprint density at radius 1 is 1.24 bits per heavy atom. The molecule has 0 aliphatic rings. The van der Waals surface area contributed by atoms with E-state index in [1.54, 1.807) is 11.3 Å². The lowest BCUT2D eigenvalue weighted by atomic mass is 10.0. The van der Waals surface area contributed by atoms with E-state index in [1.165, 1.54) is 16.7 Å². The summed E-state index contributed by atoms with van der Waals surface area (Å²) < 4.78 is 0. The molecule has 2 rings (SSSR count). The molecule has 1 unspecified atom stereocenters. The van der Waals surface area contributed by atoms with Crippen LogP contribution in [-0.4, -0.2) is 5.11 Å². The van der Waals surface area contributed by atoms with Crippen molar-refractivity contribution in [3.63, 3.8) is 0 Å². The van der Waals surface area contributed by atoms with E-state index in [2.05, 4.69) is 44.2 Å². The molecule has 1 aromatic heterocycles. The molecule has 1 aromatic carbocycles. The van der Waals surface area contributed by atoms with Gasteiger partial charge in [0.05, 0.1) is 6.10 Å². The minimum Gasteiger partial charge on any atom is -0.388 e. The smallest absolute Gasteiger partial charge is 0.0887 e. The van der Waals surface area contributed by atoms with Crippen molar-refractivity contribution in [2.45, 2.75) is 32.8 Å². The van der Waals surface area contributed by atoms with Crippen molar-refractivity contribution in [1.29, 1.82) is 0 Å². The van der Waals surface area contributed by atoms with E-state index in [0.717, 1.165) is 17.7 Å². The zero-order chi connectivity index (χ0) is 12.3. The van der Waals surface area contributed by atoms with Crippen LogP contribution in [0.25, 0.3) is 0 Å². The van der Waals surface area contributed by atoms with Gasteiger partial charge in [-0.05, 0) is 49.3 Å². The first-order chi connectivity index (χ1) is 8.16. The van der Waals surface area contributed by atoms with Gasteiger partial charge < -0.3 is 5.11 Å². The van der Waals surface area contributed by atoms with Gasteiger partial charge in [-0.2, -0.15) is 0 Å². The standard InChI is InChI=1S/C15H18OS/c1-11-4-3-5-13(10-11)6-7-14(16)15-12(2)8-9-17-15/h3-5,8-10,14,16H,6-7H2,1-2H3. The SMILES string of the molecule is Cc1cccc(CCC(O)c2sccc2C)c1. The molecule has 1 nitrogen and oxygen atoms in total. The first-order valence-electron chi connectivity index (χ1n) is 5.94. The molecule has 17 heavy (non-hydrogen) atoms. The molecule has 2 heteroatoms. The van der Waals surface area contributed by atoms with Crippen molar-refractivity contribution in [3.05, 3.63) is 57.3 Å². The fourth-order valence-corrected chi connectivity index (χ4v) is 2.98. The lowest BCUT2D eigenvalue weighted by molar-refractivity contribution is 0.171. The third-order valence-electron chi connectivity index (χ3n) is 2.99. The summed E-state index contributed by atoms with van der Waals surface area (Å²) in [6, 6.07) is 10.6. The van der Waals surface area contributed by atoms with Gasteiger partial charge in [0.25, 0.3) is 0 Å². The number of aliphatic hydroxyl groups excluding tert-OH is 1. The molecule has 0 radical (unpaired) electrons. The van der Waals surface area contributed by atoms with Crippen molar-refractivity contribution >= 4 is 11.3 Å². The maximum atomic E-state index is 10.1. The predicted octanol–water partition coefficient (Wildman–Crippen LogP) is 4.03. The van der Waals surface area contributed by atoms with Crippen LogP contribution >= 0.6 is 11.3 Å². The van der Waals surface area contributed by atoms with Gasteiger partial charge in [0.15, 0.2) is 0 Å². The molecular weight excluding hydrogens is 228 g/mol. The number of hydrogen-bond donors (Lipinski definition) is 1. The van der Waals surface area contributed by atoms with Crippen molar-refractivity contribution in [3.8, 4) is 0 Å². The van der Waals surface area contributed by atoms with E-state index < -0.39 is 0 Å². The van der Waals surface area contributed by atoms with Crippen molar-refractivity contribution in [1.82, 2.24) is 0 Å². The highest BCUT2D eigenvalue weighted by Gasteiger charge is 2.11. The lowest BCUT2D eigenvalue weighted by Gasteiger charge is -2.10. The second-order valence-corrected chi connectivity index (χ2v) is 5.46. The molecule has 1 heterocycles. The van der Waals surface area contributed by atoms with Crippen LogP contribution in [0.5, 0.6) is 0 Å². The monoisotopic (exact) mass is 246 g/mol. The maximum Gasteiger partial charge on any atom is 0.0887 e. The summed E-state index contributed by atoms with van der Waals surface area (Å²) in [7, 11) is 0. The quantitative estimate of drug-likeness (QED) is 0.863. The summed E-state index contributed by atoms with van der Waals surface area (Å²) in [5, 5.41) is 12.2. The van der Waals surface area contributed by atoms with Crippen LogP contribution in [-0.2, 0) is 6.42 Å². The molecule has 1 N–H and O–H groups in total. The second kappa shape index (κ2) is 5.48. The van der Waals surface area contributed by atoms with E-state index in [9.17, 15) is 5.11 Å². The molecule has 0 aliphatic carbocycles. The van der Waals surface area contributed by atoms with Crippen LogP contribution in [0, 0.1) is 13.8 Å². The van der Waals surface area contributed by atoms with Gasteiger partial charge in [-0.1, -0.05) is 29.8 Å². The Hall–Kier alpha value is -1.12. The minimum atomic E-state index is -0.324. The first-order valence-corrected chi connectivity index (χ1v) is 6.82. The summed E-state index contributed by atoms with van der Waals surface area (Å²) >= 11 is 1.65. The summed E-state index contributed by atoms with van der Waals surface area (Å²) in [5.41, 5.74) is 3.79. The van der Waals surface area contributed by atoms with E-state index in [-0.39, 0.29) is 6.10 Å². The Morgan fingerprint density at radius 3 is 2.71 bits per heavy atom. The highest BCUT2D eigenvalue weighted by atomic mass is 32.1. The average molecular weight is 246 g/mol. The number of rotatable bonds is 4. The topological polar surface area (TPSA) is 20.2 Å². The fourth-order valence-electron chi connectivity index (χ4n) is 2.03. The number of benzene rings is 1. The van der Waals surface area contributed by atoms with Gasteiger partial charge in [0.1, 0.15) is 0 Å². The van der Waals surface area contributed by atoms with Gasteiger partial charge in [-0.3, -0.25) is 0 Å². The second-order valence-electron chi connectivity index (χ2n) is 4.51. The summed E-state index contributed by atoms with van der Waals surface area (Å²) in [6.45, 7) is 4.16. The molecule has 0 spiro atoms. The third kappa shape index (κ3) is 3.18. The van der Waals surface area contributed by atoms with Gasteiger partial charge in [0, 0.05) is 4.88 Å². The van der Waals surface area contributed by atoms with Gasteiger partial charge >= 0.3 is 0 Å². The van der Waals surface area contributed by atoms with E-state index in [4.69, 9.17) is 0 Å². The molecule has 0 bridgehead atoms. The molecule has 90 valence electrons. The van der Waals surface area contributed by atoms with E-state index >= 15 is 0 Å². The lowest BCUT2D eigenvalue weighted by Crippen LogP contribution is -1.99. The zero-order valence-corrected chi connectivity index (χ0v) is 11.1. The van der Waals surface area contributed by atoms with Crippen LogP contribution in [0.4, 0.5) is 0 Å². The van der Waals surface area contributed by atoms with Crippen LogP contribution in [0.1, 0.15) is 34.1 Å². The molecule has 0 amide bonds. The number of aryl methyl sites for hydroxylation is 3. The molecule has 0 saturated carbocycles. The van der Waals surface area contributed by atoms with Gasteiger partial charge in [0.2, 0.25) is 0 Å². The van der Waals surface area contributed by atoms with Crippen molar-refractivity contribution in [2.24, 2.45) is 0 Å². The number of aliphatic hydroxyl groups is 1. The van der Waals surface area contributed by atoms with Crippen LogP contribution in [0.2, 0.25) is 0 Å². The molecule has 0 aliphatic heterocycles. The molecule has 1 atom stereocenters. The molecule has 0 fully saturated rings. The highest BCUT2D eigenvalue weighted by molar-refractivity contribution is 7.10. The van der Waals surface area contributed by atoms with Crippen molar-refractivity contribution < 1.29 is 5.11 Å². The summed E-state index contributed by atoms with van der Waals surface area (Å²) in [5.74, 6) is 0. The molecule has 0 saturated heterocycles. The van der Waals surface area contributed by atoms with Crippen LogP contribution < -0.4 is 0 Å². The Bertz CT molecular complexity index is 487. The molecular formula is C15H18OS. The van der Waals surface area contributed by atoms with E-state index in [0.29, 0.717) is 0 Å². The Labute approximate surface area is 107 Å². The predicted molar refractivity (Wildman–Crippen MR) is 73.5 cm³/mol. The maximum absolute atomic E-state index is 10.1. The normalized spacial score (nSPS) is 12.6. The van der Waals surface area contributed by atoms with E-state index in [1.807, 2.05) is 5.38 Å². The zero-order valence-electron chi connectivity index (χ0n) is 10.3. The number of hydrogen-bond acceptors (Lipinski definition) is 2. The first kappa shape index (κ1) is 12.3. The van der Waals surface area contributed by atoms with Crippen molar-refractivity contribution in [2.75, 3.05) is 0 Å². The summed E-state index contributed by atoms with van der Waals surface area (Å²) in [4.78, 5) is 1.11. The third-order valence-corrected chi connectivity index (χ3v) is 4.11. The Morgan fingerprint density at radius 2 is 2.06 bits per heavy atom.